The minimum Gasteiger partial charge on any atom is -0.460 e. The van der Waals surface area contributed by atoms with Crippen LogP contribution in [0.25, 0.3) is 0 Å². The Bertz CT molecular complexity index is 667. The molecule has 0 unspecified atom stereocenters. The van der Waals surface area contributed by atoms with Crippen molar-refractivity contribution in [3.05, 3.63) is 35.9 Å². The molecule has 2 fully saturated rings. The molecule has 4 atom stereocenters. The summed E-state index contributed by atoms with van der Waals surface area (Å²) in [6.07, 6.45) is 3.95. The smallest absolute Gasteiger partial charge is 0.410 e. The van der Waals surface area contributed by atoms with E-state index in [9.17, 15) is 9.59 Å². The van der Waals surface area contributed by atoms with E-state index in [4.69, 9.17) is 9.47 Å². The summed E-state index contributed by atoms with van der Waals surface area (Å²) in [5, 5.41) is 0. The van der Waals surface area contributed by atoms with E-state index in [1.807, 2.05) is 51.1 Å². The van der Waals surface area contributed by atoms with Crippen LogP contribution in [0, 0.1) is 11.8 Å². The van der Waals surface area contributed by atoms with Gasteiger partial charge in [-0.05, 0) is 38.7 Å². The number of amides is 1. The third-order valence-electron chi connectivity index (χ3n) is 5.36. The van der Waals surface area contributed by atoms with E-state index in [1.165, 1.54) is 0 Å². The fraction of sp³-hybridized carbons (Fsp3) is 0.636. The summed E-state index contributed by atoms with van der Waals surface area (Å²) in [5.74, 6) is -0.290. The summed E-state index contributed by atoms with van der Waals surface area (Å²) >= 11 is 0. The van der Waals surface area contributed by atoms with Crippen molar-refractivity contribution in [3.63, 3.8) is 0 Å². The first-order valence-corrected chi connectivity index (χ1v) is 10.1. The molecule has 3 rings (SSSR count). The van der Waals surface area contributed by atoms with Crippen LogP contribution in [0.5, 0.6) is 0 Å². The number of benzene rings is 1. The second-order valence-electron chi connectivity index (χ2n) is 8.62. The van der Waals surface area contributed by atoms with Crippen LogP contribution in [-0.2, 0) is 14.3 Å². The molecule has 0 bridgehead atoms. The fourth-order valence-electron chi connectivity index (χ4n) is 4.09. The monoisotopic (exact) mass is 373 g/mol. The molecule has 0 spiro atoms. The number of hydrogen-bond donors (Lipinski definition) is 0. The molecule has 1 amide bonds. The molecule has 1 heterocycles. The highest BCUT2D eigenvalue weighted by atomic mass is 16.6. The third-order valence-corrected chi connectivity index (χ3v) is 5.36. The Balaban J connectivity index is 1.79. The summed E-state index contributed by atoms with van der Waals surface area (Å²) in [6.45, 7) is 8.14. The molecule has 0 N–H and O–H groups in total. The van der Waals surface area contributed by atoms with Crippen molar-refractivity contribution in [2.45, 2.75) is 71.1 Å². The first kappa shape index (κ1) is 19.7. The number of carbonyl (C=O) groups is 2. The maximum Gasteiger partial charge on any atom is 0.410 e. The quantitative estimate of drug-likeness (QED) is 0.513. The van der Waals surface area contributed by atoms with Crippen LogP contribution in [0.2, 0.25) is 0 Å². The Morgan fingerprint density at radius 2 is 1.93 bits per heavy atom. The Kier molecular flexibility index (Phi) is 5.78. The number of hydrogen-bond acceptors (Lipinski definition) is 4. The number of unbranched alkanes of at least 4 members (excludes halogenated alkanes) is 2. The molecule has 0 radical (unpaired) electrons. The van der Waals surface area contributed by atoms with Crippen LogP contribution in [0.15, 0.2) is 30.3 Å². The molecule has 0 aromatic heterocycles. The lowest BCUT2D eigenvalue weighted by Crippen LogP contribution is -2.34. The van der Waals surface area contributed by atoms with Gasteiger partial charge in [0.25, 0.3) is 0 Å². The minimum atomic E-state index is -0.525. The topological polar surface area (TPSA) is 55.8 Å². The molecule has 148 valence electrons. The number of cyclic esters (lactones) is 1. The largest absolute Gasteiger partial charge is 0.460 e. The summed E-state index contributed by atoms with van der Waals surface area (Å²) < 4.78 is 11.0. The molecule has 1 aromatic carbocycles. The predicted octanol–water partition coefficient (Wildman–Crippen LogP) is 4.72. The average molecular weight is 373 g/mol. The average Bonchev–Trinajstić information content (AvgIpc) is 3.18. The minimum absolute atomic E-state index is 0.128. The van der Waals surface area contributed by atoms with Gasteiger partial charge in [-0.2, -0.15) is 0 Å². The lowest BCUT2D eigenvalue weighted by Gasteiger charge is -2.23. The Labute approximate surface area is 162 Å². The van der Waals surface area contributed by atoms with Crippen molar-refractivity contribution in [2.75, 3.05) is 6.61 Å². The van der Waals surface area contributed by atoms with Gasteiger partial charge >= 0.3 is 12.1 Å². The second-order valence-corrected chi connectivity index (χ2v) is 8.62. The maximum absolute atomic E-state index is 12.8. The fourth-order valence-corrected chi connectivity index (χ4v) is 4.09. The van der Waals surface area contributed by atoms with Gasteiger partial charge in [0, 0.05) is 0 Å². The lowest BCUT2D eigenvalue weighted by atomic mass is 10.1. The standard InChI is InChI=1S/C22H31NO4/c1-5-6-8-13-16-18(20(24)27-22(2,3)4)19(16)23-17(14-26-21(23)25)15-11-9-7-10-12-15/h7,9-12,16-19H,5-6,8,13-14H2,1-4H3/t16-,17-,18+,19+/m0/s1. The van der Waals surface area contributed by atoms with Crippen molar-refractivity contribution in [3.8, 4) is 0 Å². The van der Waals surface area contributed by atoms with E-state index in [-0.39, 0.29) is 36.0 Å². The van der Waals surface area contributed by atoms with Gasteiger partial charge in [0.05, 0.1) is 18.0 Å². The van der Waals surface area contributed by atoms with E-state index in [0.717, 1.165) is 31.2 Å². The van der Waals surface area contributed by atoms with Crippen LogP contribution >= 0.6 is 0 Å². The van der Waals surface area contributed by atoms with E-state index < -0.39 is 5.60 Å². The molecule has 27 heavy (non-hydrogen) atoms. The van der Waals surface area contributed by atoms with E-state index in [2.05, 4.69) is 6.92 Å². The van der Waals surface area contributed by atoms with Crippen molar-refractivity contribution in [1.82, 2.24) is 4.90 Å². The van der Waals surface area contributed by atoms with Gasteiger partial charge in [-0.1, -0.05) is 56.5 Å². The van der Waals surface area contributed by atoms with Gasteiger partial charge in [-0.25, -0.2) is 4.79 Å². The Morgan fingerprint density at radius 1 is 1.22 bits per heavy atom. The molecule has 1 aromatic rings. The van der Waals surface area contributed by atoms with E-state index in [1.54, 1.807) is 4.90 Å². The zero-order chi connectivity index (χ0) is 19.6. The van der Waals surface area contributed by atoms with Gasteiger partial charge in [0.1, 0.15) is 12.2 Å². The summed E-state index contributed by atoms with van der Waals surface area (Å²) in [5.41, 5.74) is 0.522. The lowest BCUT2D eigenvalue weighted by molar-refractivity contribution is -0.157. The second kappa shape index (κ2) is 7.91. The first-order chi connectivity index (χ1) is 12.8. The van der Waals surface area contributed by atoms with Crippen molar-refractivity contribution in [2.24, 2.45) is 11.8 Å². The molecule has 1 saturated heterocycles. The molecular formula is C22H31NO4. The number of rotatable bonds is 7. The number of esters is 1. The van der Waals surface area contributed by atoms with Crippen LogP contribution in [0.3, 0.4) is 0 Å². The van der Waals surface area contributed by atoms with E-state index in [0.29, 0.717) is 6.61 Å². The maximum atomic E-state index is 12.8. The summed E-state index contributed by atoms with van der Waals surface area (Å²) in [7, 11) is 0. The molecule has 1 aliphatic heterocycles. The number of carbonyl (C=O) groups excluding carboxylic acids is 2. The molecule has 2 aliphatic rings. The van der Waals surface area contributed by atoms with Crippen molar-refractivity contribution in [1.29, 1.82) is 0 Å². The Hall–Kier alpha value is -2.04. The summed E-state index contributed by atoms with van der Waals surface area (Å²) in [6, 6.07) is 9.65. The van der Waals surface area contributed by atoms with Gasteiger partial charge in [0.15, 0.2) is 0 Å². The predicted molar refractivity (Wildman–Crippen MR) is 103 cm³/mol. The molecule has 5 nitrogen and oxygen atoms in total. The van der Waals surface area contributed by atoms with Gasteiger partial charge in [-0.3, -0.25) is 9.69 Å². The molecule has 1 saturated carbocycles. The zero-order valence-corrected chi connectivity index (χ0v) is 16.8. The van der Waals surface area contributed by atoms with Crippen LogP contribution in [-0.4, -0.2) is 35.2 Å². The highest BCUT2D eigenvalue weighted by Gasteiger charge is 2.62. The third kappa shape index (κ3) is 4.45. The zero-order valence-electron chi connectivity index (χ0n) is 16.8. The van der Waals surface area contributed by atoms with Gasteiger partial charge < -0.3 is 9.47 Å². The van der Waals surface area contributed by atoms with Crippen molar-refractivity contribution < 1.29 is 19.1 Å². The molecule has 5 heteroatoms. The van der Waals surface area contributed by atoms with Crippen LogP contribution in [0.4, 0.5) is 4.79 Å². The van der Waals surface area contributed by atoms with Crippen LogP contribution in [0.1, 0.15) is 65.0 Å². The van der Waals surface area contributed by atoms with Crippen LogP contribution < -0.4 is 0 Å². The van der Waals surface area contributed by atoms with Gasteiger partial charge in [0.2, 0.25) is 0 Å². The SMILES string of the molecule is CCCCC[C@H]1[C@@H](C(=O)OC(C)(C)C)[C@@H]1N1C(=O)OC[C@H]1c1ccccc1. The highest BCUT2D eigenvalue weighted by molar-refractivity contribution is 5.81. The molecule has 1 aliphatic carbocycles. The first-order valence-electron chi connectivity index (χ1n) is 10.1. The summed E-state index contributed by atoms with van der Waals surface area (Å²) in [4.78, 5) is 27.1. The normalized spacial score (nSPS) is 27.4. The van der Waals surface area contributed by atoms with E-state index >= 15 is 0 Å². The Morgan fingerprint density at radius 3 is 2.56 bits per heavy atom. The number of nitrogens with zero attached hydrogens (tertiary/aromatic N) is 1. The van der Waals surface area contributed by atoms with Gasteiger partial charge in [-0.15, -0.1) is 0 Å². The highest BCUT2D eigenvalue weighted by Crippen LogP contribution is 2.51. The van der Waals surface area contributed by atoms with Crippen molar-refractivity contribution >= 4 is 12.1 Å². The number of ether oxygens (including phenoxy) is 2. The molecular weight excluding hydrogens is 342 g/mol.